The van der Waals surface area contributed by atoms with Gasteiger partial charge in [0.25, 0.3) is 0 Å². The molecule has 0 spiro atoms. The van der Waals surface area contributed by atoms with Crippen LogP contribution in [-0.2, 0) is 6.61 Å². The Kier molecular flexibility index (Phi) is 6.39. The average Bonchev–Trinajstić information content (AvgIpc) is 2.84. The van der Waals surface area contributed by atoms with Crippen LogP contribution in [0.2, 0.25) is 5.02 Å². The van der Waals surface area contributed by atoms with E-state index >= 15 is 0 Å². The highest BCUT2D eigenvalue weighted by molar-refractivity contribution is 6.30. The Bertz CT molecular complexity index is 1300. The standard InChI is InChI=1S/C28H25ClN4O/c1-17-11-18(2)24(12-19(17)14-34-21-9-7-20(29)8-10-21)26-23-6-4-3-5-22(23)25(13-30)27(33)28(26,15-31)16-32/h5,7-12,23,26H,3-4,6,14,33H2,1-2H3. The number of hydrogen-bond acceptors (Lipinski definition) is 5. The van der Waals surface area contributed by atoms with E-state index in [1.165, 1.54) is 0 Å². The summed E-state index contributed by atoms with van der Waals surface area (Å²) in [4.78, 5) is 0. The molecule has 0 radical (unpaired) electrons. The number of rotatable bonds is 4. The third-order valence-corrected chi connectivity index (χ3v) is 7.32. The van der Waals surface area contributed by atoms with Gasteiger partial charge in [-0.25, -0.2) is 0 Å². The molecular formula is C28H25ClN4O. The maximum absolute atomic E-state index is 10.3. The SMILES string of the molecule is Cc1cc(C)c(C2C3CCCC=C3C(C#N)=C(N)C2(C#N)C#N)cc1COc1ccc(Cl)cc1. The third-order valence-electron chi connectivity index (χ3n) is 7.07. The molecule has 2 unspecified atom stereocenters. The molecule has 170 valence electrons. The summed E-state index contributed by atoms with van der Waals surface area (Å²) in [5.41, 5.74) is 9.96. The van der Waals surface area contributed by atoms with Crippen molar-refractivity contribution in [2.24, 2.45) is 17.1 Å². The summed E-state index contributed by atoms with van der Waals surface area (Å²) in [6, 6.07) is 17.9. The van der Waals surface area contributed by atoms with Crippen molar-refractivity contribution < 1.29 is 4.74 Å². The molecule has 2 aromatic rings. The van der Waals surface area contributed by atoms with Gasteiger partial charge in [-0.2, -0.15) is 15.8 Å². The van der Waals surface area contributed by atoms with E-state index in [0.29, 0.717) is 23.0 Å². The lowest BCUT2D eigenvalue weighted by atomic mass is 9.56. The van der Waals surface area contributed by atoms with Crippen molar-refractivity contribution in [3.63, 3.8) is 0 Å². The zero-order valence-electron chi connectivity index (χ0n) is 19.2. The molecule has 34 heavy (non-hydrogen) atoms. The van der Waals surface area contributed by atoms with E-state index in [9.17, 15) is 15.8 Å². The average molecular weight is 469 g/mol. The number of hydrogen-bond donors (Lipinski definition) is 1. The van der Waals surface area contributed by atoms with Gasteiger partial charge in [0, 0.05) is 10.9 Å². The molecule has 0 heterocycles. The van der Waals surface area contributed by atoms with Gasteiger partial charge in [0.1, 0.15) is 18.4 Å². The van der Waals surface area contributed by atoms with E-state index in [4.69, 9.17) is 22.1 Å². The summed E-state index contributed by atoms with van der Waals surface area (Å²) in [6.45, 7) is 4.35. The number of halogens is 1. The van der Waals surface area contributed by atoms with Gasteiger partial charge in [-0.05, 0) is 91.1 Å². The molecule has 2 aromatic carbocycles. The maximum atomic E-state index is 10.3. The Morgan fingerprint density at radius 3 is 2.44 bits per heavy atom. The minimum atomic E-state index is -1.61. The van der Waals surface area contributed by atoms with Gasteiger partial charge in [0.15, 0.2) is 5.41 Å². The molecule has 5 nitrogen and oxygen atoms in total. The molecular weight excluding hydrogens is 444 g/mol. The van der Waals surface area contributed by atoms with Crippen molar-refractivity contribution in [1.29, 1.82) is 15.8 Å². The Hall–Kier alpha value is -3.72. The van der Waals surface area contributed by atoms with E-state index < -0.39 is 11.3 Å². The van der Waals surface area contributed by atoms with Crippen LogP contribution < -0.4 is 10.5 Å². The first kappa shape index (κ1) is 23.4. The Morgan fingerprint density at radius 2 is 1.79 bits per heavy atom. The predicted octanol–water partition coefficient (Wildman–Crippen LogP) is 6.13. The largest absolute Gasteiger partial charge is 0.489 e. The lowest BCUT2D eigenvalue weighted by Crippen LogP contribution is -2.43. The van der Waals surface area contributed by atoms with Gasteiger partial charge >= 0.3 is 0 Å². The van der Waals surface area contributed by atoms with Crippen molar-refractivity contribution in [3.05, 3.63) is 86.6 Å². The fraction of sp³-hybridized carbons (Fsp3) is 0.321. The molecule has 0 aliphatic heterocycles. The molecule has 2 aliphatic carbocycles. The van der Waals surface area contributed by atoms with E-state index in [2.05, 4.69) is 30.4 Å². The molecule has 2 N–H and O–H groups in total. The van der Waals surface area contributed by atoms with Gasteiger partial charge in [-0.15, -0.1) is 0 Å². The third kappa shape index (κ3) is 3.81. The number of ether oxygens (including phenoxy) is 1. The Labute approximate surface area is 205 Å². The van der Waals surface area contributed by atoms with Crippen LogP contribution in [0.3, 0.4) is 0 Å². The normalized spacial score (nSPS) is 20.9. The maximum Gasteiger partial charge on any atom is 0.191 e. The van der Waals surface area contributed by atoms with Gasteiger partial charge in [0.2, 0.25) is 0 Å². The molecule has 0 saturated carbocycles. The second-order valence-corrected chi connectivity index (χ2v) is 9.42. The monoisotopic (exact) mass is 468 g/mol. The number of aryl methyl sites for hydroxylation is 2. The van der Waals surface area contributed by atoms with Crippen LogP contribution in [0.25, 0.3) is 0 Å². The summed E-state index contributed by atoms with van der Waals surface area (Å²) < 4.78 is 6.00. The second kappa shape index (κ2) is 9.26. The first-order chi connectivity index (χ1) is 16.4. The predicted molar refractivity (Wildman–Crippen MR) is 130 cm³/mol. The number of allylic oxidation sites excluding steroid dienone is 4. The number of fused-ring (bicyclic) bond motifs is 1. The lowest BCUT2D eigenvalue weighted by Gasteiger charge is -2.44. The molecule has 4 rings (SSSR count). The van der Waals surface area contributed by atoms with Gasteiger partial charge < -0.3 is 10.5 Å². The van der Waals surface area contributed by atoms with Crippen LogP contribution >= 0.6 is 11.6 Å². The zero-order valence-corrected chi connectivity index (χ0v) is 20.0. The topological polar surface area (TPSA) is 107 Å². The lowest BCUT2D eigenvalue weighted by molar-refractivity contribution is 0.302. The van der Waals surface area contributed by atoms with Crippen molar-refractivity contribution >= 4 is 11.6 Å². The molecule has 0 aromatic heterocycles. The molecule has 2 aliphatic rings. The molecule has 0 amide bonds. The fourth-order valence-electron chi connectivity index (χ4n) is 5.32. The van der Waals surface area contributed by atoms with E-state index in [1.54, 1.807) is 12.1 Å². The summed E-state index contributed by atoms with van der Waals surface area (Å²) in [6.07, 6.45) is 4.65. The van der Waals surface area contributed by atoms with Gasteiger partial charge in [-0.3, -0.25) is 0 Å². The number of nitrogens with two attached hydrogens (primary N) is 1. The minimum Gasteiger partial charge on any atom is -0.489 e. The van der Waals surface area contributed by atoms with E-state index in [1.807, 2.05) is 32.0 Å². The van der Waals surface area contributed by atoms with Crippen molar-refractivity contribution in [2.45, 2.75) is 45.6 Å². The van der Waals surface area contributed by atoms with E-state index in [-0.39, 0.29) is 11.6 Å². The summed E-state index contributed by atoms with van der Waals surface area (Å²) in [7, 11) is 0. The van der Waals surface area contributed by atoms with Crippen LogP contribution in [0.15, 0.2) is 59.3 Å². The summed E-state index contributed by atoms with van der Waals surface area (Å²) >= 11 is 5.97. The van der Waals surface area contributed by atoms with Crippen LogP contribution in [0.5, 0.6) is 5.75 Å². The highest BCUT2D eigenvalue weighted by atomic mass is 35.5. The van der Waals surface area contributed by atoms with E-state index in [0.717, 1.165) is 47.1 Å². The van der Waals surface area contributed by atoms with Crippen LogP contribution in [-0.4, -0.2) is 0 Å². The first-order valence-corrected chi connectivity index (χ1v) is 11.7. The first-order valence-electron chi connectivity index (χ1n) is 11.3. The molecule has 2 atom stereocenters. The highest BCUT2D eigenvalue weighted by Crippen LogP contribution is 2.56. The molecule has 0 saturated heterocycles. The van der Waals surface area contributed by atoms with Gasteiger partial charge in [0.05, 0.1) is 23.4 Å². The number of nitrogens with zero attached hydrogens (tertiary/aromatic N) is 3. The van der Waals surface area contributed by atoms with Crippen molar-refractivity contribution in [3.8, 4) is 24.0 Å². The second-order valence-electron chi connectivity index (χ2n) is 8.98. The summed E-state index contributed by atoms with van der Waals surface area (Å²) in [5.74, 6) is 0.109. The molecule has 0 bridgehead atoms. The Balaban J connectivity index is 1.83. The number of benzene rings is 2. The summed E-state index contributed by atoms with van der Waals surface area (Å²) in [5, 5.41) is 31.0. The smallest absolute Gasteiger partial charge is 0.191 e. The molecule has 6 heteroatoms. The number of nitriles is 3. The Morgan fingerprint density at radius 1 is 1.09 bits per heavy atom. The highest BCUT2D eigenvalue weighted by Gasteiger charge is 2.54. The quantitative estimate of drug-likeness (QED) is 0.580. The minimum absolute atomic E-state index is 0.0633. The van der Waals surface area contributed by atoms with Crippen LogP contribution in [0.4, 0.5) is 0 Å². The van der Waals surface area contributed by atoms with Crippen LogP contribution in [0.1, 0.15) is 47.4 Å². The zero-order chi connectivity index (χ0) is 24.5. The molecule has 0 fully saturated rings. The van der Waals surface area contributed by atoms with Crippen molar-refractivity contribution in [2.75, 3.05) is 0 Å². The van der Waals surface area contributed by atoms with Gasteiger partial charge in [-0.1, -0.05) is 29.8 Å². The van der Waals surface area contributed by atoms with Crippen LogP contribution in [0, 0.1) is 59.2 Å². The fourth-order valence-corrected chi connectivity index (χ4v) is 5.44. The van der Waals surface area contributed by atoms with Crippen molar-refractivity contribution in [1.82, 2.24) is 0 Å².